The summed E-state index contributed by atoms with van der Waals surface area (Å²) < 4.78 is 14.7. The van der Waals surface area contributed by atoms with Crippen LogP contribution >= 0.6 is 0 Å². The summed E-state index contributed by atoms with van der Waals surface area (Å²) in [5.74, 6) is -0.409. The third-order valence-corrected chi connectivity index (χ3v) is 4.46. The third kappa shape index (κ3) is 4.91. The van der Waals surface area contributed by atoms with Gasteiger partial charge >= 0.3 is 5.69 Å². The number of carbonyl (C=O) groups excluding carboxylic acids is 1. The quantitative estimate of drug-likeness (QED) is 0.702. The largest absolute Gasteiger partial charge is 0.347 e. The molecule has 5 nitrogen and oxygen atoms in total. The number of nitrogens with zero attached hydrogens (tertiary/aromatic N) is 2. The van der Waals surface area contributed by atoms with Gasteiger partial charge in [0, 0.05) is 30.0 Å². The number of anilines is 1. The van der Waals surface area contributed by atoms with Crippen LogP contribution in [0.2, 0.25) is 0 Å². The van der Waals surface area contributed by atoms with Gasteiger partial charge in [-0.05, 0) is 61.7 Å². The van der Waals surface area contributed by atoms with Crippen LogP contribution in [-0.2, 0) is 11.3 Å². The molecule has 1 heterocycles. The summed E-state index contributed by atoms with van der Waals surface area (Å²) in [5, 5.41) is 2.87. The molecule has 1 aromatic heterocycles. The van der Waals surface area contributed by atoms with Crippen LogP contribution in [0, 0.1) is 19.7 Å². The van der Waals surface area contributed by atoms with Crippen molar-refractivity contribution < 1.29 is 9.18 Å². The Morgan fingerprint density at radius 1 is 1.07 bits per heavy atom. The van der Waals surface area contributed by atoms with E-state index in [0.29, 0.717) is 30.8 Å². The van der Waals surface area contributed by atoms with Crippen LogP contribution in [0.25, 0.3) is 11.1 Å². The van der Waals surface area contributed by atoms with Crippen LogP contribution in [-0.4, -0.2) is 15.5 Å². The SMILES string of the molecule is Cc1cc(C)n(CCCC(=O)Nc2cccc(-c3ccc(F)cc3)c2)c(=O)n1. The third-order valence-electron chi connectivity index (χ3n) is 4.46. The van der Waals surface area contributed by atoms with Crippen LogP contribution in [0.4, 0.5) is 10.1 Å². The molecule has 0 unspecified atom stereocenters. The molecule has 6 heteroatoms. The molecule has 0 aliphatic carbocycles. The Balaban J connectivity index is 1.59. The Hall–Kier alpha value is -3.28. The van der Waals surface area contributed by atoms with Gasteiger partial charge in [-0.1, -0.05) is 24.3 Å². The first kappa shape index (κ1) is 19.5. The lowest BCUT2D eigenvalue weighted by atomic mass is 10.1. The highest BCUT2D eigenvalue weighted by Crippen LogP contribution is 2.23. The number of aryl methyl sites for hydroxylation is 2. The molecule has 3 rings (SSSR count). The van der Waals surface area contributed by atoms with Crippen molar-refractivity contribution in [3.05, 3.63) is 82.3 Å². The predicted octanol–water partition coefficient (Wildman–Crippen LogP) is 4.09. The fraction of sp³-hybridized carbons (Fsp3) is 0.227. The molecule has 0 bridgehead atoms. The number of amides is 1. The van der Waals surface area contributed by atoms with E-state index in [9.17, 15) is 14.0 Å². The van der Waals surface area contributed by atoms with E-state index in [2.05, 4.69) is 10.3 Å². The topological polar surface area (TPSA) is 64.0 Å². The van der Waals surface area contributed by atoms with Crippen LogP contribution in [0.3, 0.4) is 0 Å². The molecule has 0 radical (unpaired) electrons. The van der Waals surface area contributed by atoms with Crippen molar-refractivity contribution in [1.82, 2.24) is 9.55 Å². The fourth-order valence-electron chi connectivity index (χ4n) is 3.09. The molecule has 0 atom stereocenters. The van der Waals surface area contributed by atoms with Gasteiger partial charge in [-0.25, -0.2) is 9.18 Å². The zero-order chi connectivity index (χ0) is 20.1. The van der Waals surface area contributed by atoms with Crippen molar-refractivity contribution in [3.63, 3.8) is 0 Å². The Morgan fingerprint density at radius 2 is 1.82 bits per heavy atom. The summed E-state index contributed by atoms with van der Waals surface area (Å²) >= 11 is 0. The Morgan fingerprint density at radius 3 is 2.54 bits per heavy atom. The fourth-order valence-corrected chi connectivity index (χ4v) is 3.09. The average molecular weight is 379 g/mol. The maximum atomic E-state index is 13.1. The highest BCUT2D eigenvalue weighted by molar-refractivity contribution is 5.91. The van der Waals surface area contributed by atoms with E-state index in [1.165, 1.54) is 12.1 Å². The summed E-state index contributed by atoms with van der Waals surface area (Å²) in [6.45, 7) is 4.09. The molecule has 3 aromatic rings. The standard InChI is InChI=1S/C22H22FN3O2/c1-15-13-16(2)26(22(28)24-15)12-4-7-21(27)25-20-6-3-5-18(14-20)17-8-10-19(23)11-9-17/h3,5-6,8-11,13-14H,4,7,12H2,1-2H3,(H,25,27). The molecular formula is C22H22FN3O2. The molecule has 0 aliphatic rings. The summed E-state index contributed by atoms with van der Waals surface area (Å²) in [4.78, 5) is 28.1. The van der Waals surface area contributed by atoms with Crippen LogP contribution in [0.15, 0.2) is 59.4 Å². The smallest absolute Gasteiger partial charge is 0.326 e. The maximum Gasteiger partial charge on any atom is 0.347 e. The number of nitrogens with one attached hydrogen (secondary N) is 1. The van der Waals surface area contributed by atoms with E-state index in [-0.39, 0.29) is 17.4 Å². The monoisotopic (exact) mass is 379 g/mol. The highest BCUT2D eigenvalue weighted by Gasteiger charge is 2.07. The Bertz CT molecular complexity index is 1040. The first-order valence-corrected chi connectivity index (χ1v) is 9.13. The molecular weight excluding hydrogens is 357 g/mol. The zero-order valence-corrected chi connectivity index (χ0v) is 15.9. The van der Waals surface area contributed by atoms with Crippen LogP contribution in [0.5, 0.6) is 0 Å². The summed E-state index contributed by atoms with van der Waals surface area (Å²) in [7, 11) is 0. The van der Waals surface area contributed by atoms with E-state index >= 15 is 0 Å². The second-order valence-electron chi connectivity index (χ2n) is 6.71. The van der Waals surface area contributed by atoms with E-state index in [1.54, 1.807) is 23.6 Å². The van der Waals surface area contributed by atoms with E-state index in [4.69, 9.17) is 0 Å². The van der Waals surface area contributed by atoms with Crippen molar-refractivity contribution in [2.45, 2.75) is 33.2 Å². The lowest BCUT2D eigenvalue weighted by Crippen LogP contribution is -2.26. The minimum absolute atomic E-state index is 0.123. The maximum absolute atomic E-state index is 13.1. The molecule has 0 saturated heterocycles. The number of rotatable bonds is 6. The van der Waals surface area contributed by atoms with Gasteiger partial charge in [0.05, 0.1) is 0 Å². The van der Waals surface area contributed by atoms with Gasteiger partial charge in [-0.3, -0.25) is 9.36 Å². The second-order valence-corrected chi connectivity index (χ2v) is 6.71. The van der Waals surface area contributed by atoms with Crippen molar-refractivity contribution in [2.24, 2.45) is 0 Å². The Labute approximate surface area is 162 Å². The van der Waals surface area contributed by atoms with E-state index in [1.807, 2.05) is 37.3 Å². The van der Waals surface area contributed by atoms with Crippen molar-refractivity contribution in [2.75, 3.05) is 5.32 Å². The minimum atomic E-state index is -0.287. The molecule has 28 heavy (non-hydrogen) atoms. The molecule has 2 aromatic carbocycles. The lowest BCUT2D eigenvalue weighted by Gasteiger charge is -2.10. The van der Waals surface area contributed by atoms with Crippen molar-refractivity contribution in [1.29, 1.82) is 0 Å². The Kier molecular flexibility index (Phi) is 5.99. The summed E-state index contributed by atoms with van der Waals surface area (Å²) in [6.07, 6.45) is 0.829. The van der Waals surface area contributed by atoms with Crippen molar-refractivity contribution in [3.8, 4) is 11.1 Å². The van der Waals surface area contributed by atoms with Gasteiger partial charge in [0.15, 0.2) is 0 Å². The first-order valence-electron chi connectivity index (χ1n) is 9.13. The molecule has 0 saturated carbocycles. The predicted molar refractivity (Wildman–Crippen MR) is 108 cm³/mol. The number of benzene rings is 2. The van der Waals surface area contributed by atoms with E-state index in [0.717, 1.165) is 16.8 Å². The summed E-state index contributed by atoms with van der Waals surface area (Å²) in [6, 6.07) is 15.5. The molecule has 0 spiro atoms. The van der Waals surface area contributed by atoms with Crippen LogP contribution in [0.1, 0.15) is 24.2 Å². The van der Waals surface area contributed by atoms with Gasteiger partial charge < -0.3 is 5.32 Å². The normalized spacial score (nSPS) is 10.7. The molecule has 0 fully saturated rings. The number of aromatic nitrogens is 2. The van der Waals surface area contributed by atoms with Gasteiger partial charge in [-0.2, -0.15) is 4.98 Å². The highest BCUT2D eigenvalue weighted by atomic mass is 19.1. The molecule has 1 amide bonds. The molecule has 1 N–H and O–H groups in total. The molecule has 0 aliphatic heterocycles. The number of halogens is 1. The first-order chi connectivity index (χ1) is 13.4. The average Bonchev–Trinajstić information content (AvgIpc) is 2.64. The summed E-state index contributed by atoms with van der Waals surface area (Å²) in [5.41, 5.74) is 3.69. The number of hydrogen-bond donors (Lipinski definition) is 1. The van der Waals surface area contributed by atoms with Gasteiger partial charge in [0.2, 0.25) is 5.91 Å². The molecule has 144 valence electrons. The van der Waals surface area contributed by atoms with Gasteiger partial charge in [0.25, 0.3) is 0 Å². The van der Waals surface area contributed by atoms with Crippen molar-refractivity contribution >= 4 is 11.6 Å². The zero-order valence-electron chi connectivity index (χ0n) is 15.9. The van der Waals surface area contributed by atoms with Gasteiger partial charge in [0.1, 0.15) is 5.82 Å². The minimum Gasteiger partial charge on any atom is -0.326 e. The number of hydrogen-bond acceptors (Lipinski definition) is 3. The number of carbonyl (C=O) groups is 1. The second kappa shape index (κ2) is 8.61. The van der Waals surface area contributed by atoms with Crippen LogP contribution < -0.4 is 11.0 Å². The van der Waals surface area contributed by atoms with Gasteiger partial charge in [-0.15, -0.1) is 0 Å². The van der Waals surface area contributed by atoms with E-state index < -0.39 is 0 Å². The lowest BCUT2D eigenvalue weighted by molar-refractivity contribution is -0.116.